The summed E-state index contributed by atoms with van der Waals surface area (Å²) in [4.78, 5) is 27.7. The van der Waals surface area contributed by atoms with Crippen molar-refractivity contribution in [2.75, 3.05) is 44.6 Å². The molecule has 0 aliphatic carbocycles. The van der Waals surface area contributed by atoms with E-state index in [2.05, 4.69) is 36.8 Å². The largest absolute Gasteiger partial charge is 0.453 e. The number of rotatable bonds is 9. The minimum Gasteiger partial charge on any atom is -0.453 e. The molecule has 8 nitrogen and oxygen atoms in total. The zero-order chi connectivity index (χ0) is 28.6. The van der Waals surface area contributed by atoms with E-state index in [1.165, 1.54) is 24.3 Å². The van der Waals surface area contributed by atoms with Gasteiger partial charge in [0.25, 0.3) is 5.91 Å². The van der Waals surface area contributed by atoms with E-state index in [1.807, 2.05) is 6.07 Å². The Hall–Kier alpha value is -3.49. The van der Waals surface area contributed by atoms with Gasteiger partial charge in [-0.1, -0.05) is 17.7 Å². The fourth-order valence-electron chi connectivity index (χ4n) is 4.28. The number of ether oxygens (including phenoxy) is 1. The van der Waals surface area contributed by atoms with Crippen LogP contribution < -0.4 is 20.7 Å². The van der Waals surface area contributed by atoms with E-state index in [-0.39, 0.29) is 40.0 Å². The lowest BCUT2D eigenvalue weighted by molar-refractivity contribution is -0.115. The molecule has 208 valence electrons. The Balaban J connectivity index is 1.37. The van der Waals surface area contributed by atoms with Crippen molar-refractivity contribution in [3.8, 4) is 17.6 Å². The third-order valence-corrected chi connectivity index (χ3v) is 7.23. The summed E-state index contributed by atoms with van der Waals surface area (Å²) in [6, 6.07) is 14.4. The van der Waals surface area contributed by atoms with Crippen molar-refractivity contribution >= 4 is 45.0 Å². The number of piperazine rings is 1. The summed E-state index contributed by atoms with van der Waals surface area (Å²) in [6.45, 7) is 6.98. The van der Waals surface area contributed by atoms with Crippen LogP contribution in [0.1, 0.15) is 27.0 Å². The Morgan fingerprint density at radius 1 is 1.18 bits per heavy atom. The molecule has 3 aromatic rings. The number of nitrogens with zero attached hydrogens (tertiary/aromatic N) is 2. The van der Waals surface area contributed by atoms with Gasteiger partial charge in [0.1, 0.15) is 5.75 Å². The molecule has 0 bridgehead atoms. The van der Waals surface area contributed by atoms with Gasteiger partial charge in [-0.15, -0.1) is 0 Å². The zero-order valence-electron chi connectivity index (χ0n) is 21.8. The number of amides is 2. The van der Waals surface area contributed by atoms with E-state index in [0.717, 1.165) is 32.7 Å². The van der Waals surface area contributed by atoms with Gasteiger partial charge in [-0.2, -0.15) is 5.26 Å². The summed E-state index contributed by atoms with van der Waals surface area (Å²) in [5, 5.41) is 18.5. The Morgan fingerprint density at radius 2 is 1.95 bits per heavy atom. The average Bonchev–Trinajstić information content (AvgIpc) is 2.94. The van der Waals surface area contributed by atoms with Crippen LogP contribution in [0, 0.1) is 24.1 Å². The van der Waals surface area contributed by atoms with Crippen molar-refractivity contribution in [1.82, 2.24) is 15.5 Å². The maximum Gasteiger partial charge on any atom is 0.251 e. The van der Waals surface area contributed by atoms with Crippen LogP contribution >= 0.6 is 27.5 Å². The standard InChI is InChI=1S/C29H28BrClFN5O3/c1-18-12-21(29(39)35-8-11-37-9-6-34-7-10-37)3-5-25(18)36-26(38)15-20-2-4-24(30)28(27(20)32)40-23-14-19(17-33)13-22(31)16-23/h2-5,12-14,16,34H,6-11,15H2,1H3,(H,35,39)(H,36,38). The first-order chi connectivity index (χ1) is 19.2. The van der Waals surface area contributed by atoms with Gasteiger partial charge >= 0.3 is 0 Å². The highest BCUT2D eigenvalue weighted by molar-refractivity contribution is 9.10. The minimum absolute atomic E-state index is 0.122. The van der Waals surface area contributed by atoms with Gasteiger partial charge in [0, 0.05) is 61.1 Å². The van der Waals surface area contributed by atoms with Crippen LogP contribution in [0.2, 0.25) is 5.02 Å². The summed E-state index contributed by atoms with van der Waals surface area (Å²) in [6.07, 6.45) is -0.248. The predicted molar refractivity (Wildman–Crippen MR) is 155 cm³/mol. The van der Waals surface area contributed by atoms with Gasteiger partial charge in [-0.3, -0.25) is 14.5 Å². The predicted octanol–water partition coefficient (Wildman–Crippen LogP) is 5.03. The number of hydrogen-bond acceptors (Lipinski definition) is 6. The number of carbonyl (C=O) groups is 2. The number of hydrogen-bond donors (Lipinski definition) is 3. The first-order valence-electron chi connectivity index (χ1n) is 12.7. The lowest BCUT2D eigenvalue weighted by Crippen LogP contribution is -2.46. The molecular formula is C29H28BrClFN5O3. The topological polar surface area (TPSA) is 106 Å². The average molecular weight is 629 g/mol. The Morgan fingerprint density at radius 3 is 2.67 bits per heavy atom. The summed E-state index contributed by atoms with van der Waals surface area (Å²) < 4.78 is 21.4. The number of benzene rings is 3. The summed E-state index contributed by atoms with van der Waals surface area (Å²) in [5.41, 5.74) is 2.12. The monoisotopic (exact) mass is 627 g/mol. The van der Waals surface area contributed by atoms with E-state index in [9.17, 15) is 9.59 Å². The molecule has 40 heavy (non-hydrogen) atoms. The Bertz CT molecular complexity index is 1460. The van der Waals surface area contributed by atoms with Crippen molar-refractivity contribution in [3.05, 3.63) is 86.1 Å². The number of nitriles is 1. The van der Waals surface area contributed by atoms with Crippen molar-refractivity contribution in [3.63, 3.8) is 0 Å². The van der Waals surface area contributed by atoms with Crippen molar-refractivity contribution < 1.29 is 18.7 Å². The van der Waals surface area contributed by atoms with Gasteiger partial charge in [-0.25, -0.2) is 4.39 Å². The molecule has 2 amide bonds. The van der Waals surface area contributed by atoms with Crippen LogP contribution in [0.25, 0.3) is 0 Å². The fraction of sp³-hybridized carbons (Fsp3) is 0.276. The molecule has 1 aliphatic rings. The first kappa shape index (κ1) is 29.5. The second-order valence-corrected chi connectivity index (χ2v) is 10.6. The quantitative estimate of drug-likeness (QED) is 0.307. The molecule has 1 fully saturated rings. The van der Waals surface area contributed by atoms with Gasteiger partial charge < -0.3 is 20.7 Å². The molecule has 11 heteroatoms. The van der Waals surface area contributed by atoms with Gasteiger partial charge in [-0.05, 0) is 70.9 Å². The third kappa shape index (κ3) is 7.79. The highest BCUT2D eigenvalue weighted by Crippen LogP contribution is 2.35. The number of aryl methyl sites for hydroxylation is 1. The number of carbonyl (C=O) groups excluding carboxylic acids is 2. The smallest absolute Gasteiger partial charge is 0.251 e. The lowest BCUT2D eigenvalue weighted by Gasteiger charge is -2.27. The Kier molecular flexibility index (Phi) is 10.1. The van der Waals surface area contributed by atoms with E-state index >= 15 is 4.39 Å². The van der Waals surface area contributed by atoms with E-state index in [1.54, 1.807) is 31.2 Å². The molecule has 3 aromatic carbocycles. The fourth-order valence-corrected chi connectivity index (χ4v) is 4.90. The molecule has 0 unspecified atom stereocenters. The zero-order valence-corrected chi connectivity index (χ0v) is 24.2. The third-order valence-electron chi connectivity index (χ3n) is 6.39. The summed E-state index contributed by atoms with van der Waals surface area (Å²) in [7, 11) is 0. The molecule has 0 radical (unpaired) electrons. The van der Waals surface area contributed by atoms with Crippen LogP contribution in [0.5, 0.6) is 11.5 Å². The highest BCUT2D eigenvalue weighted by Gasteiger charge is 2.18. The number of anilines is 1. The lowest BCUT2D eigenvalue weighted by atomic mass is 10.1. The second-order valence-electron chi connectivity index (χ2n) is 9.34. The van der Waals surface area contributed by atoms with Crippen molar-refractivity contribution in [2.45, 2.75) is 13.3 Å². The SMILES string of the molecule is Cc1cc(C(=O)NCCN2CCNCC2)ccc1NC(=O)Cc1ccc(Br)c(Oc2cc(Cl)cc(C#N)c2)c1F. The van der Waals surface area contributed by atoms with Crippen LogP contribution in [0.4, 0.5) is 10.1 Å². The first-order valence-corrected chi connectivity index (χ1v) is 13.9. The highest BCUT2D eigenvalue weighted by atomic mass is 79.9. The molecule has 0 spiro atoms. The molecule has 1 heterocycles. The van der Waals surface area contributed by atoms with Crippen molar-refractivity contribution in [2.24, 2.45) is 0 Å². The Labute approximate surface area is 245 Å². The van der Waals surface area contributed by atoms with E-state index in [0.29, 0.717) is 27.8 Å². The van der Waals surface area contributed by atoms with Crippen LogP contribution in [-0.2, 0) is 11.2 Å². The van der Waals surface area contributed by atoms with Gasteiger partial charge in [0.15, 0.2) is 11.6 Å². The second kappa shape index (κ2) is 13.7. The molecule has 4 rings (SSSR count). The molecular weight excluding hydrogens is 601 g/mol. The summed E-state index contributed by atoms with van der Waals surface area (Å²) >= 11 is 9.30. The number of nitrogens with one attached hydrogen (secondary N) is 3. The van der Waals surface area contributed by atoms with E-state index in [4.69, 9.17) is 21.6 Å². The maximum atomic E-state index is 15.4. The van der Waals surface area contributed by atoms with E-state index < -0.39 is 11.7 Å². The molecule has 1 aliphatic heterocycles. The maximum absolute atomic E-state index is 15.4. The molecule has 1 saturated heterocycles. The molecule has 0 atom stereocenters. The minimum atomic E-state index is -0.715. The van der Waals surface area contributed by atoms with Gasteiger partial charge in [0.2, 0.25) is 5.91 Å². The molecule has 3 N–H and O–H groups in total. The number of halogens is 3. The van der Waals surface area contributed by atoms with Crippen LogP contribution in [-0.4, -0.2) is 56.0 Å². The molecule has 0 saturated carbocycles. The van der Waals surface area contributed by atoms with Crippen LogP contribution in [0.15, 0.2) is 53.0 Å². The van der Waals surface area contributed by atoms with Crippen molar-refractivity contribution in [1.29, 1.82) is 5.26 Å². The normalized spacial score (nSPS) is 13.4. The van der Waals surface area contributed by atoms with Gasteiger partial charge in [0.05, 0.1) is 22.5 Å². The van der Waals surface area contributed by atoms with Crippen LogP contribution in [0.3, 0.4) is 0 Å². The molecule has 0 aromatic heterocycles. The summed E-state index contributed by atoms with van der Waals surface area (Å²) in [5.74, 6) is -1.26.